The van der Waals surface area contributed by atoms with E-state index in [-0.39, 0.29) is 11.9 Å². The summed E-state index contributed by atoms with van der Waals surface area (Å²) >= 11 is 6.77. The minimum absolute atomic E-state index is 0.0431. The van der Waals surface area contributed by atoms with E-state index < -0.39 is 0 Å². The van der Waals surface area contributed by atoms with Gasteiger partial charge < -0.3 is 4.74 Å². The van der Waals surface area contributed by atoms with Crippen LogP contribution in [0.15, 0.2) is 45.6 Å². The summed E-state index contributed by atoms with van der Waals surface area (Å²) in [6.45, 7) is 3.86. The molecule has 0 unspecified atom stereocenters. The molecule has 104 valence electrons. The molecule has 0 N–H and O–H groups in total. The van der Waals surface area contributed by atoms with E-state index in [1.54, 1.807) is 24.5 Å². The van der Waals surface area contributed by atoms with Gasteiger partial charge in [-0.25, -0.2) is 0 Å². The Balaban J connectivity index is 2.33. The van der Waals surface area contributed by atoms with E-state index in [9.17, 15) is 4.79 Å². The SMILES string of the molecule is CC(C)Oc1cncc(C(=O)c2ccc(Br)cc2Br)c1. The van der Waals surface area contributed by atoms with Crippen LogP contribution in [-0.2, 0) is 0 Å². The summed E-state index contributed by atoms with van der Waals surface area (Å²) in [6, 6.07) is 7.16. The van der Waals surface area contributed by atoms with Crippen LogP contribution in [0.1, 0.15) is 29.8 Å². The molecule has 0 spiro atoms. The lowest BCUT2D eigenvalue weighted by atomic mass is 10.1. The third kappa shape index (κ3) is 3.67. The Hall–Kier alpha value is -1.20. The Morgan fingerprint density at radius 2 is 1.95 bits per heavy atom. The molecule has 5 heteroatoms. The normalized spacial score (nSPS) is 10.7. The number of ether oxygens (including phenoxy) is 1. The molecule has 1 aromatic heterocycles. The van der Waals surface area contributed by atoms with Gasteiger partial charge >= 0.3 is 0 Å². The molecular formula is C15H13Br2NO2. The van der Waals surface area contributed by atoms with Crippen molar-refractivity contribution in [3.8, 4) is 5.75 Å². The molecular weight excluding hydrogens is 386 g/mol. The molecule has 2 aromatic rings. The number of aromatic nitrogens is 1. The zero-order valence-electron chi connectivity index (χ0n) is 11.1. The van der Waals surface area contributed by atoms with Gasteiger partial charge in [-0.1, -0.05) is 15.9 Å². The van der Waals surface area contributed by atoms with E-state index >= 15 is 0 Å². The molecule has 0 bridgehead atoms. The highest BCUT2D eigenvalue weighted by molar-refractivity contribution is 9.11. The number of halogens is 2. The van der Waals surface area contributed by atoms with Crippen LogP contribution in [0, 0.1) is 0 Å². The van der Waals surface area contributed by atoms with Crippen molar-refractivity contribution in [2.75, 3.05) is 0 Å². The second kappa shape index (κ2) is 6.50. The number of ketones is 1. The van der Waals surface area contributed by atoms with Gasteiger partial charge in [0, 0.05) is 26.3 Å². The van der Waals surface area contributed by atoms with Crippen LogP contribution in [0.2, 0.25) is 0 Å². The highest BCUT2D eigenvalue weighted by atomic mass is 79.9. The first-order chi connectivity index (χ1) is 9.47. The quantitative estimate of drug-likeness (QED) is 0.705. The molecule has 1 heterocycles. The Morgan fingerprint density at radius 3 is 2.60 bits per heavy atom. The molecule has 3 nitrogen and oxygen atoms in total. The average molecular weight is 399 g/mol. The van der Waals surface area contributed by atoms with Gasteiger partial charge in [-0.15, -0.1) is 0 Å². The lowest BCUT2D eigenvalue weighted by Gasteiger charge is -2.10. The standard InChI is InChI=1S/C15H13Br2NO2/c1-9(2)20-12-5-10(7-18-8-12)15(19)13-4-3-11(16)6-14(13)17/h3-9H,1-2H3. The lowest BCUT2D eigenvalue weighted by molar-refractivity contribution is 0.103. The van der Waals surface area contributed by atoms with Crippen LogP contribution in [0.5, 0.6) is 5.75 Å². The topological polar surface area (TPSA) is 39.2 Å². The summed E-state index contributed by atoms with van der Waals surface area (Å²) in [5.41, 5.74) is 1.10. The van der Waals surface area contributed by atoms with Crippen LogP contribution in [0.3, 0.4) is 0 Å². The van der Waals surface area contributed by atoms with Crippen LogP contribution in [0.25, 0.3) is 0 Å². The summed E-state index contributed by atoms with van der Waals surface area (Å²) < 4.78 is 7.21. The number of hydrogen-bond donors (Lipinski definition) is 0. The van der Waals surface area contributed by atoms with Gasteiger partial charge in [-0.05, 0) is 54.0 Å². The molecule has 0 aliphatic carbocycles. The maximum absolute atomic E-state index is 12.5. The molecule has 2 rings (SSSR count). The highest BCUT2D eigenvalue weighted by Gasteiger charge is 2.14. The third-order valence-corrected chi connectivity index (χ3v) is 3.67. The van der Waals surface area contributed by atoms with Gasteiger partial charge in [0.15, 0.2) is 5.78 Å². The molecule has 1 aromatic carbocycles. The highest BCUT2D eigenvalue weighted by Crippen LogP contribution is 2.25. The fourth-order valence-electron chi connectivity index (χ4n) is 1.71. The predicted octanol–water partition coefficient (Wildman–Crippen LogP) is 4.62. The van der Waals surface area contributed by atoms with Gasteiger partial charge in [-0.2, -0.15) is 0 Å². The van der Waals surface area contributed by atoms with Crippen molar-refractivity contribution in [3.63, 3.8) is 0 Å². The van der Waals surface area contributed by atoms with E-state index in [4.69, 9.17) is 4.74 Å². The van der Waals surface area contributed by atoms with Crippen LogP contribution < -0.4 is 4.74 Å². The average Bonchev–Trinajstić information content (AvgIpc) is 2.37. The van der Waals surface area contributed by atoms with Gasteiger partial charge in [0.2, 0.25) is 0 Å². The second-order valence-electron chi connectivity index (χ2n) is 4.53. The maximum Gasteiger partial charge on any atom is 0.195 e. The van der Waals surface area contributed by atoms with Crippen molar-refractivity contribution in [3.05, 3.63) is 56.7 Å². The van der Waals surface area contributed by atoms with Gasteiger partial charge in [0.1, 0.15) is 5.75 Å². The number of hydrogen-bond acceptors (Lipinski definition) is 3. The molecule has 0 saturated carbocycles. The number of carbonyl (C=O) groups excluding carboxylic acids is 1. The Kier molecular flexibility index (Phi) is 4.94. The number of nitrogens with zero attached hydrogens (tertiary/aromatic N) is 1. The Bertz CT molecular complexity index is 642. The zero-order chi connectivity index (χ0) is 14.7. The first-order valence-corrected chi connectivity index (χ1v) is 7.67. The summed E-state index contributed by atoms with van der Waals surface area (Å²) in [5, 5.41) is 0. The summed E-state index contributed by atoms with van der Waals surface area (Å²) in [7, 11) is 0. The molecule has 0 aliphatic heterocycles. The van der Waals surface area contributed by atoms with Crippen molar-refractivity contribution in [1.29, 1.82) is 0 Å². The van der Waals surface area contributed by atoms with Crippen molar-refractivity contribution >= 4 is 37.6 Å². The minimum Gasteiger partial charge on any atom is -0.489 e. The van der Waals surface area contributed by atoms with Crippen molar-refractivity contribution < 1.29 is 9.53 Å². The Morgan fingerprint density at radius 1 is 1.20 bits per heavy atom. The van der Waals surface area contributed by atoms with E-state index in [2.05, 4.69) is 36.8 Å². The lowest BCUT2D eigenvalue weighted by Crippen LogP contribution is -2.08. The number of carbonyl (C=O) groups is 1. The van der Waals surface area contributed by atoms with Gasteiger partial charge in [0.05, 0.1) is 12.3 Å². The van der Waals surface area contributed by atoms with Gasteiger partial charge in [-0.3, -0.25) is 9.78 Å². The van der Waals surface area contributed by atoms with Crippen molar-refractivity contribution in [2.24, 2.45) is 0 Å². The van der Waals surface area contributed by atoms with Crippen LogP contribution in [0.4, 0.5) is 0 Å². The molecule has 0 aliphatic rings. The first kappa shape index (κ1) is 15.2. The van der Waals surface area contributed by atoms with E-state index in [0.29, 0.717) is 16.9 Å². The largest absolute Gasteiger partial charge is 0.489 e. The zero-order valence-corrected chi connectivity index (χ0v) is 14.2. The van der Waals surface area contributed by atoms with Gasteiger partial charge in [0.25, 0.3) is 0 Å². The summed E-state index contributed by atoms with van der Waals surface area (Å²) in [4.78, 5) is 16.5. The Labute approximate surface area is 134 Å². The molecule has 20 heavy (non-hydrogen) atoms. The smallest absolute Gasteiger partial charge is 0.195 e. The minimum atomic E-state index is -0.0916. The second-order valence-corrected chi connectivity index (χ2v) is 6.30. The summed E-state index contributed by atoms with van der Waals surface area (Å²) in [6.07, 6.45) is 3.19. The van der Waals surface area contributed by atoms with Crippen LogP contribution in [-0.4, -0.2) is 16.9 Å². The van der Waals surface area contributed by atoms with Crippen molar-refractivity contribution in [2.45, 2.75) is 20.0 Å². The number of pyridine rings is 1. The maximum atomic E-state index is 12.5. The monoisotopic (exact) mass is 397 g/mol. The molecule has 0 atom stereocenters. The third-order valence-electron chi connectivity index (χ3n) is 2.52. The molecule has 0 saturated heterocycles. The van der Waals surface area contributed by atoms with E-state index in [1.807, 2.05) is 26.0 Å². The number of benzene rings is 1. The van der Waals surface area contributed by atoms with Crippen LogP contribution >= 0.6 is 31.9 Å². The molecule has 0 amide bonds. The van der Waals surface area contributed by atoms with E-state index in [1.165, 1.54) is 0 Å². The molecule has 0 radical (unpaired) electrons. The molecule has 0 fully saturated rings. The predicted molar refractivity (Wildman–Crippen MR) is 85.3 cm³/mol. The first-order valence-electron chi connectivity index (χ1n) is 6.09. The summed E-state index contributed by atoms with van der Waals surface area (Å²) in [5.74, 6) is 0.505. The van der Waals surface area contributed by atoms with Crippen molar-refractivity contribution in [1.82, 2.24) is 4.98 Å². The number of rotatable bonds is 4. The fourth-order valence-corrected chi connectivity index (χ4v) is 2.94. The van der Waals surface area contributed by atoms with E-state index in [0.717, 1.165) is 8.95 Å². The fraction of sp³-hybridized carbons (Fsp3) is 0.200.